The minimum atomic E-state index is -0.300. The van der Waals surface area contributed by atoms with Crippen molar-refractivity contribution in [1.29, 1.82) is 0 Å². The number of nitrogens with zero attached hydrogens (tertiary/aromatic N) is 6. The molecule has 0 aliphatic carbocycles. The van der Waals surface area contributed by atoms with Crippen molar-refractivity contribution in [3.8, 4) is 16.9 Å². The third kappa shape index (κ3) is 4.03. The molecule has 1 aliphatic rings. The van der Waals surface area contributed by atoms with Gasteiger partial charge in [-0.25, -0.2) is 13.9 Å². The first kappa shape index (κ1) is 19.7. The van der Waals surface area contributed by atoms with Gasteiger partial charge >= 0.3 is 0 Å². The molecule has 1 aromatic carbocycles. The van der Waals surface area contributed by atoms with Crippen molar-refractivity contribution in [1.82, 2.24) is 29.3 Å². The van der Waals surface area contributed by atoms with Crippen LogP contribution in [-0.4, -0.2) is 49.5 Å². The zero-order chi connectivity index (χ0) is 21.4. The Labute approximate surface area is 180 Å². The van der Waals surface area contributed by atoms with Crippen molar-refractivity contribution in [2.45, 2.75) is 25.3 Å². The van der Waals surface area contributed by atoms with Crippen LogP contribution in [0.1, 0.15) is 30.1 Å². The maximum Gasteiger partial charge on any atom is 0.156 e. The summed E-state index contributed by atoms with van der Waals surface area (Å²) in [5.41, 5.74) is 3.54. The van der Waals surface area contributed by atoms with Gasteiger partial charge in [-0.3, -0.25) is 9.58 Å². The van der Waals surface area contributed by atoms with Crippen LogP contribution in [0.25, 0.3) is 16.8 Å². The van der Waals surface area contributed by atoms with E-state index in [4.69, 9.17) is 14.8 Å². The van der Waals surface area contributed by atoms with Crippen LogP contribution in [0.5, 0.6) is 5.75 Å². The van der Waals surface area contributed by atoms with E-state index in [0.29, 0.717) is 11.3 Å². The molecule has 160 valence electrons. The quantitative estimate of drug-likeness (QED) is 0.493. The highest BCUT2D eigenvalue weighted by Gasteiger charge is 2.25. The first-order valence-electron chi connectivity index (χ1n) is 10.5. The zero-order valence-corrected chi connectivity index (χ0v) is 17.7. The number of pyridine rings is 1. The Morgan fingerprint density at radius 2 is 2.10 bits per heavy atom. The van der Waals surface area contributed by atoms with Gasteiger partial charge in [-0.05, 0) is 49.7 Å². The number of aromatic nitrogens is 5. The number of methoxy groups -OCH3 is 1. The summed E-state index contributed by atoms with van der Waals surface area (Å²) in [7, 11) is 3.53. The second-order valence-corrected chi connectivity index (χ2v) is 8.13. The monoisotopic (exact) mass is 420 g/mol. The number of halogens is 1. The van der Waals surface area contributed by atoms with E-state index >= 15 is 0 Å². The molecule has 3 aromatic heterocycles. The highest BCUT2D eigenvalue weighted by Crippen LogP contribution is 2.31. The first-order chi connectivity index (χ1) is 15.1. The van der Waals surface area contributed by atoms with Crippen LogP contribution < -0.4 is 4.74 Å². The molecular weight excluding hydrogens is 395 g/mol. The number of rotatable bonds is 5. The summed E-state index contributed by atoms with van der Waals surface area (Å²) in [6.45, 7) is 2.89. The third-order valence-electron chi connectivity index (χ3n) is 5.86. The minimum absolute atomic E-state index is 0.289. The number of hydrogen-bond donors (Lipinski definition) is 0. The van der Waals surface area contributed by atoms with Gasteiger partial charge in [0.15, 0.2) is 11.5 Å². The van der Waals surface area contributed by atoms with Gasteiger partial charge < -0.3 is 4.74 Å². The summed E-state index contributed by atoms with van der Waals surface area (Å²) in [6.07, 6.45) is 8.07. The molecule has 0 saturated carbocycles. The number of aryl methyl sites for hydroxylation is 1. The molecule has 1 saturated heterocycles. The average molecular weight is 420 g/mol. The van der Waals surface area contributed by atoms with Gasteiger partial charge in [-0.1, -0.05) is 0 Å². The molecule has 0 amide bonds. The largest absolute Gasteiger partial charge is 0.496 e. The summed E-state index contributed by atoms with van der Waals surface area (Å²) in [5, 5.41) is 9.04. The molecule has 0 bridgehead atoms. The molecule has 1 aliphatic heterocycles. The van der Waals surface area contributed by atoms with Crippen LogP contribution in [0.2, 0.25) is 0 Å². The number of piperidine rings is 1. The second-order valence-electron chi connectivity index (χ2n) is 8.13. The summed E-state index contributed by atoms with van der Waals surface area (Å²) in [6, 6.07) is 8.37. The third-order valence-corrected chi connectivity index (χ3v) is 5.86. The van der Waals surface area contributed by atoms with Crippen molar-refractivity contribution in [2.24, 2.45) is 7.05 Å². The molecule has 31 heavy (non-hydrogen) atoms. The standard InChI is InChI=1S/C23H25FN6O/c1-28-12-16(11-25-28)13-29-9-3-4-18(14-29)23-26-22-8-5-17(15-30(22)27-23)20-10-19(24)6-7-21(20)31-2/h5-8,10-12,15,18H,3-4,9,13-14H2,1-2H3. The molecular formula is C23H25FN6O. The van der Waals surface area contributed by atoms with E-state index in [-0.39, 0.29) is 11.7 Å². The maximum atomic E-state index is 13.8. The Kier molecular flexibility index (Phi) is 5.15. The van der Waals surface area contributed by atoms with Crippen LogP contribution in [0.3, 0.4) is 0 Å². The fraction of sp³-hybridized carbons (Fsp3) is 0.348. The van der Waals surface area contributed by atoms with Crippen molar-refractivity contribution in [3.05, 3.63) is 66.1 Å². The molecule has 0 radical (unpaired) electrons. The lowest BCUT2D eigenvalue weighted by Crippen LogP contribution is -2.34. The van der Waals surface area contributed by atoms with E-state index in [2.05, 4.69) is 16.2 Å². The van der Waals surface area contributed by atoms with Crippen molar-refractivity contribution < 1.29 is 9.13 Å². The molecule has 8 heteroatoms. The Bertz CT molecular complexity index is 1220. The Balaban J connectivity index is 1.39. The number of likely N-dealkylation sites (tertiary alicyclic amines) is 1. The topological polar surface area (TPSA) is 60.5 Å². The van der Waals surface area contributed by atoms with E-state index in [9.17, 15) is 4.39 Å². The summed E-state index contributed by atoms with van der Waals surface area (Å²) in [5.74, 6) is 1.47. The summed E-state index contributed by atoms with van der Waals surface area (Å²) >= 11 is 0. The van der Waals surface area contributed by atoms with Gasteiger partial charge in [0.25, 0.3) is 0 Å². The molecule has 4 heterocycles. The van der Waals surface area contributed by atoms with E-state index in [1.807, 2.05) is 36.3 Å². The predicted octanol–water partition coefficient (Wildman–Crippen LogP) is 3.66. The Morgan fingerprint density at radius 1 is 1.19 bits per heavy atom. The van der Waals surface area contributed by atoms with Gasteiger partial charge in [0.05, 0.1) is 13.3 Å². The summed E-state index contributed by atoms with van der Waals surface area (Å²) in [4.78, 5) is 7.22. The molecule has 7 nitrogen and oxygen atoms in total. The normalized spacial score (nSPS) is 17.3. The lowest BCUT2D eigenvalue weighted by atomic mass is 9.97. The molecule has 0 N–H and O–H groups in total. The van der Waals surface area contributed by atoms with Gasteiger partial charge in [0.1, 0.15) is 11.6 Å². The van der Waals surface area contributed by atoms with Crippen LogP contribution in [-0.2, 0) is 13.6 Å². The van der Waals surface area contributed by atoms with Crippen LogP contribution in [0.15, 0.2) is 48.9 Å². The Morgan fingerprint density at radius 3 is 2.90 bits per heavy atom. The van der Waals surface area contributed by atoms with Crippen molar-refractivity contribution >= 4 is 5.65 Å². The smallest absolute Gasteiger partial charge is 0.156 e. The highest BCUT2D eigenvalue weighted by molar-refractivity contribution is 5.71. The zero-order valence-electron chi connectivity index (χ0n) is 17.7. The fourth-order valence-corrected chi connectivity index (χ4v) is 4.36. The number of hydrogen-bond acceptors (Lipinski definition) is 5. The fourth-order valence-electron chi connectivity index (χ4n) is 4.36. The molecule has 1 fully saturated rings. The van der Waals surface area contributed by atoms with E-state index in [1.54, 1.807) is 17.7 Å². The van der Waals surface area contributed by atoms with Gasteiger partial charge in [-0.15, -0.1) is 0 Å². The maximum absolute atomic E-state index is 13.8. The van der Waals surface area contributed by atoms with Crippen LogP contribution in [0.4, 0.5) is 4.39 Å². The van der Waals surface area contributed by atoms with Crippen molar-refractivity contribution in [3.63, 3.8) is 0 Å². The SMILES string of the molecule is COc1ccc(F)cc1-c1ccc2nc(C3CCCN(Cc4cnn(C)c4)C3)nn2c1. The number of benzene rings is 1. The highest BCUT2D eigenvalue weighted by atomic mass is 19.1. The molecule has 1 unspecified atom stereocenters. The van der Waals surface area contributed by atoms with Crippen LogP contribution >= 0.6 is 0 Å². The lowest BCUT2D eigenvalue weighted by Gasteiger charge is -2.30. The average Bonchev–Trinajstić information content (AvgIpc) is 3.39. The minimum Gasteiger partial charge on any atom is -0.496 e. The lowest BCUT2D eigenvalue weighted by molar-refractivity contribution is 0.196. The molecule has 0 spiro atoms. The molecule has 4 aromatic rings. The van der Waals surface area contributed by atoms with E-state index in [1.165, 1.54) is 17.7 Å². The Hall–Kier alpha value is -3.26. The number of ether oxygens (including phenoxy) is 1. The van der Waals surface area contributed by atoms with Crippen LogP contribution in [0, 0.1) is 5.82 Å². The molecule has 5 rings (SSSR count). The molecule has 1 atom stereocenters. The number of fused-ring (bicyclic) bond motifs is 1. The van der Waals surface area contributed by atoms with Gasteiger partial charge in [0.2, 0.25) is 0 Å². The second kappa shape index (κ2) is 8.11. The van der Waals surface area contributed by atoms with E-state index < -0.39 is 0 Å². The van der Waals surface area contributed by atoms with E-state index in [0.717, 1.165) is 49.5 Å². The van der Waals surface area contributed by atoms with Gasteiger partial charge in [0, 0.05) is 55.1 Å². The summed E-state index contributed by atoms with van der Waals surface area (Å²) < 4.78 is 22.9. The predicted molar refractivity (Wildman–Crippen MR) is 115 cm³/mol. The van der Waals surface area contributed by atoms with Gasteiger partial charge in [-0.2, -0.15) is 10.2 Å². The van der Waals surface area contributed by atoms with Crippen molar-refractivity contribution in [2.75, 3.05) is 20.2 Å². The first-order valence-corrected chi connectivity index (χ1v) is 10.5.